The van der Waals surface area contributed by atoms with Gasteiger partial charge in [0, 0.05) is 5.56 Å². The first-order valence-electron chi connectivity index (χ1n) is 10.3. The molecular weight excluding hydrogens is 398 g/mol. The van der Waals surface area contributed by atoms with Gasteiger partial charge < -0.3 is 19.5 Å². The Morgan fingerprint density at radius 3 is 2.39 bits per heavy atom. The first-order valence-corrected chi connectivity index (χ1v) is 10.3. The van der Waals surface area contributed by atoms with Crippen molar-refractivity contribution in [3.05, 3.63) is 48.0 Å². The lowest BCUT2D eigenvalue weighted by atomic mass is 10.1. The van der Waals surface area contributed by atoms with E-state index in [4.69, 9.17) is 18.8 Å². The van der Waals surface area contributed by atoms with Crippen molar-refractivity contribution in [3.63, 3.8) is 0 Å². The molecule has 2 aromatic carbocycles. The van der Waals surface area contributed by atoms with Crippen LogP contribution < -0.4 is 19.5 Å². The predicted molar refractivity (Wildman–Crippen MR) is 117 cm³/mol. The van der Waals surface area contributed by atoms with Crippen LogP contribution in [0.5, 0.6) is 17.2 Å². The number of nitrogens with zero attached hydrogens (tertiary/aromatic N) is 2. The van der Waals surface area contributed by atoms with Crippen LogP contribution in [0.4, 0.5) is 5.82 Å². The number of ether oxygens (including phenoxy) is 3. The molecule has 0 aliphatic heterocycles. The number of nitrogens with one attached hydrogen (secondary N) is 1. The average Bonchev–Trinajstić information content (AvgIpc) is 3.24. The molecule has 0 saturated carbocycles. The van der Waals surface area contributed by atoms with Gasteiger partial charge in [0.25, 0.3) is 5.91 Å². The van der Waals surface area contributed by atoms with Crippen molar-refractivity contribution in [2.75, 3.05) is 18.5 Å². The summed E-state index contributed by atoms with van der Waals surface area (Å²) in [5, 5.41) is 10.5. The zero-order valence-electron chi connectivity index (χ0n) is 18.2. The summed E-state index contributed by atoms with van der Waals surface area (Å²) in [6.45, 7) is 8.55. The largest absolute Gasteiger partial charge is 0.490 e. The Hall–Kier alpha value is -3.55. The molecule has 0 aliphatic carbocycles. The molecule has 164 valence electrons. The molecule has 0 saturated heterocycles. The van der Waals surface area contributed by atoms with Crippen LogP contribution in [-0.4, -0.2) is 35.5 Å². The minimum absolute atomic E-state index is 0.202. The number of hydrogen-bond donors (Lipinski definition) is 1. The number of benzene rings is 2. The SMILES string of the molecule is CCOc1ccc(-c2nonc2NC(=O)C(C)Oc2ccc(CC)cc2)cc1OCC. The number of rotatable bonds is 10. The Kier molecular flexibility index (Phi) is 7.48. The molecule has 3 rings (SSSR count). The van der Waals surface area contributed by atoms with Crippen LogP contribution in [0.15, 0.2) is 47.1 Å². The van der Waals surface area contributed by atoms with Gasteiger partial charge in [-0.2, -0.15) is 0 Å². The standard InChI is InChI=1S/C23H27N3O5/c1-5-16-8-11-18(12-9-16)30-15(4)23(27)24-22-21(25-31-26-22)17-10-13-19(28-6-2)20(14-17)29-7-3/h8-15H,5-7H2,1-4H3,(H,24,26,27). The summed E-state index contributed by atoms with van der Waals surface area (Å²) in [4.78, 5) is 12.6. The number of carbonyl (C=O) groups is 1. The first kappa shape index (κ1) is 22.1. The van der Waals surface area contributed by atoms with Gasteiger partial charge in [0.2, 0.25) is 5.82 Å². The second-order valence-corrected chi connectivity index (χ2v) is 6.74. The second-order valence-electron chi connectivity index (χ2n) is 6.74. The van der Waals surface area contributed by atoms with E-state index in [0.29, 0.717) is 41.7 Å². The van der Waals surface area contributed by atoms with Crippen molar-refractivity contribution in [1.29, 1.82) is 0 Å². The van der Waals surface area contributed by atoms with Crippen molar-refractivity contribution in [2.45, 2.75) is 40.2 Å². The lowest BCUT2D eigenvalue weighted by Crippen LogP contribution is -2.30. The molecule has 0 radical (unpaired) electrons. The zero-order chi connectivity index (χ0) is 22.2. The van der Waals surface area contributed by atoms with Crippen molar-refractivity contribution in [3.8, 4) is 28.5 Å². The van der Waals surface area contributed by atoms with Gasteiger partial charge in [-0.05, 0) is 73.4 Å². The van der Waals surface area contributed by atoms with Crippen molar-refractivity contribution < 1.29 is 23.6 Å². The van der Waals surface area contributed by atoms with Gasteiger partial charge in [-0.25, -0.2) is 4.63 Å². The lowest BCUT2D eigenvalue weighted by molar-refractivity contribution is -0.122. The fourth-order valence-electron chi connectivity index (χ4n) is 2.94. The molecule has 3 aromatic rings. The Labute approximate surface area is 181 Å². The van der Waals surface area contributed by atoms with Gasteiger partial charge in [-0.15, -0.1) is 0 Å². The van der Waals surface area contributed by atoms with Gasteiger partial charge in [0.15, 0.2) is 23.3 Å². The zero-order valence-corrected chi connectivity index (χ0v) is 18.2. The molecule has 1 atom stereocenters. The highest BCUT2D eigenvalue weighted by atomic mass is 16.6. The molecule has 1 unspecified atom stereocenters. The highest BCUT2D eigenvalue weighted by Gasteiger charge is 2.21. The molecule has 1 amide bonds. The smallest absolute Gasteiger partial charge is 0.266 e. The summed E-state index contributed by atoms with van der Waals surface area (Å²) in [6.07, 6.45) is 0.200. The van der Waals surface area contributed by atoms with Gasteiger partial charge >= 0.3 is 0 Å². The van der Waals surface area contributed by atoms with E-state index in [0.717, 1.165) is 6.42 Å². The van der Waals surface area contributed by atoms with E-state index < -0.39 is 6.10 Å². The van der Waals surface area contributed by atoms with E-state index in [1.54, 1.807) is 25.1 Å². The third kappa shape index (κ3) is 5.53. The van der Waals surface area contributed by atoms with Crippen LogP contribution in [0.3, 0.4) is 0 Å². The molecule has 8 nitrogen and oxygen atoms in total. The Morgan fingerprint density at radius 2 is 1.71 bits per heavy atom. The van der Waals surface area contributed by atoms with Crippen LogP contribution in [0.2, 0.25) is 0 Å². The maximum absolute atomic E-state index is 12.6. The van der Waals surface area contributed by atoms with Gasteiger partial charge in [-0.1, -0.05) is 19.1 Å². The minimum atomic E-state index is -0.739. The van der Waals surface area contributed by atoms with Crippen LogP contribution in [-0.2, 0) is 11.2 Å². The second kappa shape index (κ2) is 10.5. The van der Waals surface area contributed by atoms with Crippen molar-refractivity contribution >= 4 is 11.7 Å². The maximum atomic E-state index is 12.6. The Morgan fingerprint density at radius 1 is 1.00 bits per heavy atom. The van der Waals surface area contributed by atoms with Crippen LogP contribution >= 0.6 is 0 Å². The average molecular weight is 425 g/mol. The molecule has 31 heavy (non-hydrogen) atoms. The summed E-state index contributed by atoms with van der Waals surface area (Å²) >= 11 is 0. The maximum Gasteiger partial charge on any atom is 0.266 e. The molecule has 1 aromatic heterocycles. The summed E-state index contributed by atoms with van der Waals surface area (Å²) < 4.78 is 21.9. The highest BCUT2D eigenvalue weighted by Crippen LogP contribution is 2.34. The number of anilines is 1. The van der Waals surface area contributed by atoms with Crippen molar-refractivity contribution in [1.82, 2.24) is 10.3 Å². The lowest BCUT2D eigenvalue weighted by Gasteiger charge is -2.14. The fourth-order valence-corrected chi connectivity index (χ4v) is 2.94. The van der Waals surface area contributed by atoms with Crippen LogP contribution in [0.1, 0.15) is 33.3 Å². The van der Waals surface area contributed by atoms with Crippen LogP contribution in [0, 0.1) is 0 Å². The van der Waals surface area contributed by atoms with E-state index in [-0.39, 0.29) is 11.7 Å². The summed E-state index contributed by atoms with van der Waals surface area (Å²) in [7, 11) is 0. The molecule has 8 heteroatoms. The molecule has 0 bridgehead atoms. The van der Waals surface area contributed by atoms with E-state index in [1.165, 1.54) is 5.56 Å². The monoisotopic (exact) mass is 425 g/mol. The Balaban J connectivity index is 1.73. The highest BCUT2D eigenvalue weighted by molar-refractivity contribution is 5.96. The summed E-state index contributed by atoms with van der Waals surface area (Å²) in [5.74, 6) is 1.66. The first-order chi connectivity index (χ1) is 15.0. The molecular formula is C23H27N3O5. The molecule has 1 N–H and O–H groups in total. The van der Waals surface area contributed by atoms with E-state index in [2.05, 4.69) is 22.6 Å². The number of amides is 1. The van der Waals surface area contributed by atoms with E-state index in [9.17, 15) is 4.79 Å². The Bertz CT molecular complexity index is 1000. The molecule has 1 heterocycles. The summed E-state index contributed by atoms with van der Waals surface area (Å²) in [5.41, 5.74) is 2.26. The van der Waals surface area contributed by atoms with Gasteiger partial charge in [-0.3, -0.25) is 4.79 Å². The quantitative estimate of drug-likeness (QED) is 0.511. The third-order valence-corrected chi connectivity index (χ3v) is 4.56. The molecule has 0 fully saturated rings. The normalized spacial score (nSPS) is 11.6. The number of aromatic nitrogens is 2. The summed E-state index contributed by atoms with van der Waals surface area (Å²) in [6, 6.07) is 13.0. The fraction of sp³-hybridized carbons (Fsp3) is 0.348. The van der Waals surface area contributed by atoms with E-state index in [1.807, 2.05) is 38.1 Å². The van der Waals surface area contributed by atoms with E-state index >= 15 is 0 Å². The topological polar surface area (TPSA) is 95.7 Å². The van der Waals surface area contributed by atoms with Gasteiger partial charge in [0.05, 0.1) is 13.2 Å². The molecule has 0 spiro atoms. The third-order valence-electron chi connectivity index (χ3n) is 4.56. The number of aryl methyl sites for hydroxylation is 1. The predicted octanol–water partition coefficient (Wildman–Crippen LogP) is 4.50. The van der Waals surface area contributed by atoms with Crippen molar-refractivity contribution in [2.24, 2.45) is 0 Å². The van der Waals surface area contributed by atoms with Crippen LogP contribution in [0.25, 0.3) is 11.3 Å². The number of carbonyl (C=O) groups excluding carboxylic acids is 1. The minimum Gasteiger partial charge on any atom is -0.490 e. The van der Waals surface area contributed by atoms with Gasteiger partial charge in [0.1, 0.15) is 5.75 Å². The molecule has 0 aliphatic rings. The number of hydrogen-bond acceptors (Lipinski definition) is 7.